The zero-order valence-corrected chi connectivity index (χ0v) is 14.2. The molecule has 0 bridgehead atoms. The van der Waals surface area contributed by atoms with Crippen molar-refractivity contribution in [3.05, 3.63) is 45.8 Å². The van der Waals surface area contributed by atoms with Crippen LogP contribution in [0.4, 0.5) is 5.69 Å². The van der Waals surface area contributed by atoms with Crippen LogP contribution >= 0.6 is 0 Å². The lowest BCUT2D eigenvalue weighted by atomic mass is 10.1. The highest BCUT2D eigenvalue weighted by molar-refractivity contribution is 6.08. The zero-order chi connectivity index (χ0) is 18.6. The summed E-state index contributed by atoms with van der Waals surface area (Å²) in [7, 11) is 5.93. The van der Waals surface area contributed by atoms with E-state index < -0.39 is 10.7 Å². The van der Waals surface area contributed by atoms with Gasteiger partial charge in [0.05, 0.1) is 26.3 Å². The molecule has 9 heteroatoms. The predicted octanol–water partition coefficient (Wildman–Crippen LogP) is 2.25. The number of carbonyl (C=O) groups excluding carboxylic acids is 1. The minimum Gasteiger partial charge on any atom is -0.493 e. The first-order valence-electron chi connectivity index (χ1n) is 7.12. The quantitative estimate of drug-likeness (QED) is 0.327. The van der Waals surface area contributed by atoms with Crippen molar-refractivity contribution in [1.82, 2.24) is 9.78 Å². The summed E-state index contributed by atoms with van der Waals surface area (Å²) >= 11 is 0. The van der Waals surface area contributed by atoms with E-state index in [0.717, 1.165) is 0 Å². The van der Waals surface area contributed by atoms with E-state index >= 15 is 0 Å². The lowest BCUT2D eigenvalue weighted by Gasteiger charge is -2.13. The van der Waals surface area contributed by atoms with Crippen molar-refractivity contribution in [3.63, 3.8) is 0 Å². The number of methoxy groups -OCH3 is 3. The van der Waals surface area contributed by atoms with Crippen LogP contribution in [0.1, 0.15) is 16.1 Å². The maximum Gasteiger partial charge on any atom is 0.318 e. The van der Waals surface area contributed by atoms with E-state index in [1.165, 1.54) is 51.4 Å². The van der Waals surface area contributed by atoms with E-state index in [-0.39, 0.29) is 11.4 Å². The molecule has 0 fully saturated rings. The van der Waals surface area contributed by atoms with Gasteiger partial charge >= 0.3 is 5.69 Å². The lowest BCUT2D eigenvalue weighted by molar-refractivity contribution is -0.385. The van der Waals surface area contributed by atoms with Crippen LogP contribution in [0.25, 0.3) is 6.08 Å². The highest BCUT2D eigenvalue weighted by Crippen LogP contribution is 2.40. The molecule has 1 aromatic carbocycles. The van der Waals surface area contributed by atoms with Crippen molar-refractivity contribution in [2.24, 2.45) is 7.05 Å². The minimum absolute atomic E-state index is 0.233. The van der Waals surface area contributed by atoms with Gasteiger partial charge in [-0.15, -0.1) is 0 Å². The number of ketones is 1. The van der Waals surface area contributed by atoms with Crippen LogP contribution in [0.15, 0.2) is 24.4 Å². The Balaban J connectivity index is 2.39. The first-order chi connectivity index (χ1) is 11.9. The summed E-state index contributed by atoms with van der Waals surface area (Å²) in [4.78, 5) is 22.6. The smallest absolute Gasteiger partial charge is 0.318 e. The second kappa shape index (κ2) is 7.47. The zero-order valence-electron chi connectivity index (χ0n) is 14.2. The monoisotopic (exact) mass is 347 g/mol. The van der Waals surface area contributed by atoms with E-state index in [1.807, 2.05) is 0 Å². The number of ether oxygens (including phenoxy) is 3. The molecule has 0 aliphatic heterocycles. The molecule has 0 aliphatic carbocycles. The SMILES string of the molecule is COc1ccc(/C=C/C(=O)c2nn(C)cc2[N+](=O)[O-])c(OC)c1OC. The van der Waals surface area contributed by atoms with Crippen LogP contribution in [-0.2, 0) is 7.05 Å². The standard InChI is InChI=1S/C16H17N3O6/c1-18-9-11(19(21)22)14(17-18)12(20)7-5-10-6-8-13(23-2)16(25-4)15(10)24-3/h5-9H,1-4H3/b7-5+. The normalized spacial score (nSPS) is 10.7. The summed E-state index contributed by atoms with van der Waals surface area (Å²) in [6, 6.07) is 3.34. The fourth-order valence-electron chi connectivity index (χ4n) is 2.29. The predicted molar refractivity (Wildman–Crippen MR) is 89.3 cm³/mol. The number of aromatic nitrogens is 2. The molecule has 1 aromatic heterocycles. The molecule has 2 aromatic rings. The first-order valence-corrected chi connectivity index (χ1v) is 7.12. The van der Waals surface area contributed by atoms with Crippen molar-refractivity contribution >= 4 is 17.5 Å². The van der Waals surface area contributed by atoms with Gasteiger partial charge in [-0.05, 0) is 24.3 Å². The number of carbonyl (C=O) groups is 1. The van der Waals surface area contributed by atoms with Crippen molar-refractivity contribution in [1.29, 1.82) is 0 Å². The van der Waals surface area contributed by atoms with Crippen molar-refractivity contribution in [3.8, 4) is 17.2 Å². The topological polar surface area (TPSA) is 106 Å². The fraction of sp³-hybridized carbons (Fsp3) is 0.250. The van der Waals surface area contributed by atoms with Crippen molar-refractivity contribution < 1.29 is 23.9 Å². The summed E-state index contributed by atoms with van der Waals surface area (Å²) in [6.07, 6.45) is 3.85. The molecule has 132 valence electrons. The van der Waals surface area contributed by atoms with Crippen LogP contribution in [0.3, 0.4) is 0 Å². The Kier molecular flexibility index (Phi) is 5.38. The molecule has 0 N–H and O–H groups in total. The summed E-state index contributed by atoms with van der Waals surface area (Å²) in [5.41, 5.74) is -0.0355. The Bertz CT molecular complexity index is 841. The van der Waals surface area contributed by atoms with Crippen molar-refractivity contribution in [2.45, 2.75) is 0 Å². The Morgan fingerprint density at radius 1 is 1.20 bits per heavy atom. The first kappa shape index (κ1) is 18.0. The molecule has 2 rings (SSSR count). The van der Waals surface area contributed by atoms with Gasteiger partial charge in [0, 0.05) is 12.6 Å². The number of allylic oxidation sites excluding steroid dienone is 1. The number of rotatable bonds is 7. The Hall–Kier alpha value is -3.36. The molecule has 25 heavy (non-hydrogen) atoms. The summed E-state index contributed by atoms with van der Waals surface area (Å²) in [6.45, 7) is 0. The van der Waals surface area contributed by atoms with E-state index in [4.69, 9.17) is 14.2 Å². The van der Waals surface area contributed by atoms with Gasteiger partial charge < -0.3 is 14.2 Å². The average molecular weight is 347 g/mol. The molecule has 0 saturated heterocycles. The van der Waals surface area contributed by atoms with E-state index in [9.17, 15) is 14.9 Å². The third-order valence-corrected chi connectivity index (χ3v) is 3.39. The molecule has 0 radical (unpaired) electrons. The van der Waals surface area contributed by atoms with E-state index in [0.29, 0.717) is 22.8 Å². The number of hydrogen-bond donors (Lipinski definition) is 0. The van der Waals surface area contributed by atoms with Gasteiger partial charge in [-0.25, -0.2) is 0 Å². The maximum absolute atomic E-state index is 12.3. The van der Waals surface area contributed by atoms with Crippen LogP contribution in [0, 0.1) is 10.1 Å². The van der Waals surface area contributed by atoms with Gasteiger partial charge in [0.25, 0.3) is 0 Å². The third-order valence-electron chi connectivity index (χ3n) is 3.39. The Morgan fingerprint density at radius 3 is 2.44 bits per heavy atom. The van der Waals surface area contributed by atoms with Crippen LogP contribution < -0.4 is 14.2 Å². The van der Waals surface area contributed by atoms with E-state index in [2.05, 4.69) is 5.10 Å². The highest BCUT2D eigenvalue weighted by atomic mass is 16.6. The van der Waals surface area contributed by atoms with Crippen LogP contribution in [0.2, 0.25) is 0 Å². The molecule has 0 aliphatic rings. The molecule has 0 amide bonds. The minimum atomic E-state index is -0.648. The molecule has 0 atom stereocenters. The second-order valence-corrected chi connectivity index (χ2v) is 4.91. The summed E-state index contributed by atoms with van der Waals surface area (Å²) in [5.74, 6) is 0.636. The highest BCUT2D eigenvalue weighted by Gasteiger charge is 2.23. The number of aryl methyl sites for hydroxylation is 1. The number of nitrogens with zero attached hydrogens (tertiary/aromatic N) is 3. The van der Waals surface area contributed by atoms with Crippen LogP contribution in [0.5, 0.6) is 17.2 Å². The van der Waals surface area contributed by atoms with Gasteiger partial charge in [0.15, 0.2) is 11.5 Å². The Morgan fingerprint density at radius 2 is 1.88 bits per heavy atom. The summed E-state index contributed by atoms with van der Waals surface area (Å²) < 4.78 is 17.0. The van der Waals surface area contributed by atoms with Gasteiger partial charge in [-0.1, -0.05) is 0 Å². The third kappa shape index (κ3) is 3.60. The van der Waals surface area contributed by atoms with E-state index in [1.54, 1.807) is 12.1 Å². The Labute approximate surface area is 143 Å². The van der Waals surface area contributed by atoms with Gasteiger partial charge in [-0.2, -0.15) is 5.10 Å². The molecule has 0 unspecified atom stereocenters. The molecule has 9 nitrogen and oxygen atoms in total. The molecular formula is C16H17N3O6. The maximum atomic E-state index is 12.3. The second-order valence-electron chi connectivity index (χ2n) is 4.91. The molecule has 1 heterocycles. The largest absolute Gasteiger partial charge is 0.493 e. The van der Waals surface area contributed by atoms with Crippen molar-refractivity contribution in [2.75, 3.05) is 21.3 Å². The summed E-state index contributed by atoms with van der Waals surface area (Å²) in [5, 5.41) is 14.8. The van der Waals surface area contributed by atoms with Gasteiger partial charge in [0.1, 0.15) is 6.20 Å². The average Bonchev–Trinajstić information content (AvgIpc) is 3.00. The number of benzene rings is 1. The van der Waals surface area contributed by atoms with Gasteiger partial charge in [-0.3, -0.25) is 19.6 Å². The molecule has 0 saturated carbocycles. The van der Waals surface area contributed by atoms with Crippen LogP contribution in [-0.4, -0.2) is 41.8 Å². The molecule has 0 spiro atoms. The molecular weight excluding hydrogens is 330 g/mol. The number of nitro groups is 1. The lowest BCUT2D eigenvalue weighted by Crippen LogP contribution is -2.01. The van der Waals surface area contributed by atoms with Gasteiger partial charge in [0.2, 0.25) is 17.2 Å². The fourth-order valence-corrected chi connectivity index (χ4v) is 2.29. The number of hydrogen-bond acceptors (Lipinski definition) is 7.